The fourth-order valence-electron chi connectivity index (χ4n) is 1.22. The fourth-order valence-corrected chi connectivity index (χ4v) is 1.22. The monoisotopic (exact) mass is 210 g/mol. The number of ether oxygens (including phenoxy) is 2. The third kappa shape index (κ3) is 3.49. The Labute approximate surface area is 82.7 Å². The number of aliphatic hydroxyl groups is 4. The van der Waals surface area contributed by atoms with E-state index < -0.39 is 37.6 Å². The summed E-state index contributed by atoms with van der Waals surface area (Å²) < 4.78 is 9.20. The fraction of sp³-hybridized carbons (Fsp3) is 1.00. The van der Waals surface area contributed by atoms with Crippen molar-refractivity contribution >= 4 is 0 Å². The normalized spacial score (nSPS) is 20.1. The van der Waals surface area contributed by atoms with Crippen molar-refractivity contribution in [2.75, 3.05) is 27.4 Å². The van der Waals surface area contributed by atoms with E-state index in [1.807, 2.05) is 0 Å². The molecular formula is C8H18O6. The summed E-state index contributed by atoms with van der Waals surface area (Å²) in [7, 11) is 2.53. The molecule has 0 fully saturated rings. The molecule has 4 N–H and O–H groups in total. The Morgan fingerprint density at radius 1 is 0.857 bits per heavy atom. The van der Waals surface area contributed by atoms with Gasteiger partial charge in [0, 0.05) is 26.1 Å². The molecule has 0 aliphatic carbocycles. The Bertz CT molecular complexity index is 126. The highest BCUT2D eigenvalue weighted by atomic mass is 16.6. The van der Waals surface area contributed by atoms with Gasteiger partial charge in [0.1, 0.15) is 0 Å². The molecule has 0 saturated heterocycles. The maximum absolute atomic E-state index is 9.30. The lowest BCUT2D eigenvalue weighted by Crippen LogP contribution is -2.41. The molecule has 0 aliphatic heterocycles. The molecule has 0 aromatic rings. The number of rotatable bonds is 7. The average molecular weight is 210 g/mol. The van der Waals surface area contributed by atoms with Crippen LogP contribution in [0.25, 0.3) is 0 Å². The second-order valence-electron chi connectivity index (χ2n) is 2.95. The molecule has 6 nitrogen and oxygen atoms in total. The van der Waals surface area contributed by atoms with Crippen molar-refractivity contribution in [3.63, 3.8) is 0 Å². The minimum absolute atomic E-state index is 0.416. The Morgan fingerprint density at radius 3 is 1.29 bits per heavy atom. The van der Waals surface area contributed by atoms with Crippen LogP contribution in [0.4, 0.5) is 0 Å². The van der Waals surface area contributed by atoms with Crippen LogP contribution in [0.15, 0.2) is 0 Å². The largest absolute Gasteiger partial charge is 0.396 e. The van der Waals surface area contributed by atoms with Crippen molar-refractivity contribution in [1.82, 2.24) is 0 Å². The summed E-state index contributed by atoms with van der Waals surface area (Å²) in [6.07, 6.45) is -2.50. The highest BCUT2D eigenvalue weighted by Crippen LogP contribution is 2.20. The average Bonchev–Trinajstić information content (AvgIpc) is 2.23. The zero-order valence-electron chi connectivity index (χ0n) is 8.33. The van der Waals surface area contributed by atoms with E-state index in [9.17, 15) is 10.2 Å². The lowest BCUT2D eigenvalue weighted by Gasteiger charge is -2.29. The zero-order chi connectivity index (χ0) is 11.1. The topological polar surface area (TPSA) is 99.4 Å². The molecule has 0 bridgehead atoms. The second kappa shape index (κ2) is 7.10. The zero-order valence-corrected chi connectivity index (χ0v) is 8.33. The van der Waals surface area contributed by atoms with Gasteiger partial charge >= 0.3 is 0 Å². The maximum atomic E-state index is 9.30. The van der Waals surface area contributed by atoms with Crippen LogP contribution < -0.4 is 0 Å². The number of hydrogen-bond donors (Lipinski definition) is 4. The standard InChI is InChI=1S/C8H18O6/c1-13-7(11)5(3-9)6(4-10)8(12)14-2/h5-12H,3-4H2,1-2H3/t5-,6-,7?,8?/m1/s1. The van der Waals surface area contributed by atoms with Gasteiger partial charge < -0.3 is 29.9 Å². The van der Waals surface area contributed by atoms with Gasteiger partial charge in [-0.3, -0.25) is 0 Å². The smallest absolute Gasteiger partial charge is 0.159 e. The lowest BCUT2D eigenvalue weighted by molar-refractivity contribution is -0.197. The van der Waals surface area contributed by atoms with Gasteiger partial charge in [0.25, 0.3) is 0 Å². The first-order valence-corrected chi connectivity index (χ1v) is 4.25. The highest BCUT2D eigenvalue weighted by Gasteiger charge is 2.32. The van der Waals surface area contributed by atoms with Crippen molar-refractivity contribution in [3.05, 3.63) is 0 Å². The lowest BCUT2D eigenvalue weighted by atomic mass is 9.92. The molecule has 0 saturated carbocycles. The van der Waals surface area contributed by atoms with E-state index in [-0.39, 0.29) is 0 Å². The van der Waals surface area contributed by atoms with E-state index in [1.165, 1.54) is 14.2 Å². The first kappa shape index (κ1) is 13.8. The molecule has 0 aromatic heterocycles. The van der Waals surface area contributed by atoms with E-state index in [4.69, 9.17) is 10.2 Å². The van der Waals surface area contributed by atoms with Crippen LogP contribution in [-0.4, -0.2) is 60.4 Å². The van der Waals surface area contributed by atoms with E-state index in [2.05, 4.69) is 9.47 Å². The molecule has 86 valence electrons. The van der Waals surface area contributed by atoms with Crippen LogP contribution in [0.1, 0.15) is 0 Å². The Morgan fingerprint density at radius 2 is 1.14 bits per heavy atom. The van der Waals surface area contributed by atoms with Crippen LogP contribution >= 0.6 is 0 Å². The first-order chi connectivity index (χ1) is 6.62. The Balaban J connectivity index is 4.43. The van der Waals surface area contributed by atoms with Crippen molar-refractivity contribution in [3.8, 4) is 0 Å². The molecule has 0 heterocycles. The van der Waals surface area contributed by atoms with Gasteiger partial charge in [-0.25, -0.2) is 0 Å². The highest BCUT2D eigenvalue weighted by molar-refractivity contribution is 4.73. The quantitative estimate of drug-likeness (QED) is 0.367. The third-order valence-corrected chi connectivity index (χ3v) is 2.19. The summed E-state index contributed by atoms with van der Waals surface area (Å²) >= 11 is 0. The van der Waals surface area contributed by atoms with Crippen LogP contribution in [0, 0.1) is 11.8 Å². The summed E-state index contributed by atoms with van der Waals surface area (Å²) in [6.45, 7) is -0.832. The summed E-state index contributed by atoms with van der Waals surface area (Å²) in [5.41, 5.74) is 0. The molecule has 0 spiro atoms. The predicted molar refractivity (Wildman–Crippen MR) is 47.2 cm³/mol. The predicted octanol–water partition coefficient (Wildman–Crippen LogP) is -1.87. The molecule has 2 unspecified atom stereocenters. The third-order valence-electron chi connectivity index (χ3n) is 2.19. The molecule has 0 rings (SSSR count). The van der Waals surface area contributed by atoms with Gasteiger partial charge in [0.2, 0.25) is 0 Å². The van der Waals surface area contributed by atoms with Gasteiger partial charge in [0.15, 0.2) is 12.6 Å². The minimum atomic E-state index is -1.25. The van der Waals surface area contributed by atoms with Crippen molar-refractivity contribution in [2.45, 2.75) is 12.6 Å². The van der Waals surface area contributed by atoms with Crippen LogP contribution in [-0.2, 0) is 9.47 Å². The molecule has 0 amide bonds. The molecule has 0 radical (unpaired) electrons. The Hall–Kier alpha value is -0.240. The number of methoxy groups -OCH3 is 2. The number of hydrogen-bond acceptors (Lipinski definition) is 6. The maximum Gasteiger partial charge on any atom is 0.159 e. The van der Waals surface area contributed by atoms with Crippen molar-refractivity contribution < 1.29 is 29.9 Å². The van der Waals surface area contributed by atoms with E-state index in [0.29, 0.717) is 0 Å². The van der Waals surface area contributed by atoms with Crippen molar-refractivity contribution in [1.29, 1.82) is 0 Å². The summed E-state index contributed by atoms with van der Waals surface area (Å²) in [5, 5.41) is 36.5. The first-order valence-electron chi connectivity index (χ1n) is 4.25. The summed E-state index contributed by atoms with van der Waals surface area (Å²) in [6, 6.07) is 0. The molecular weight excluding hydrogens is 192 g/mol. The van der Waals surface area contributed by atoms with Crippen LogP contribution in [0.2, 0.25) is 0 Å². The number of aliphatic hydroxyl groups excluding tert-OH is 4. The molecule has 6 heteroatoms. The summed E-state index contributed by atoms with van der Waals surface area (Å²) in [4.78, 5) is 0. The summed E-state index contributed by atoms with van der Waals surface area (Å²) in [5.74, 6) is -1.58. The van der Waals surface area contributed by atoms with E-state index in [0.717, 1.165) is 0 Å². The van der Waals surface area contributed by atoms with Gasteiger partial charge in [0.05, 0.1) is 13.2 Å². The second-order valence-corrected chi connectivity index (χ2v) is 2.95. The van der Waals surface area contributed by atoms with Crippen molar-refractivity contribution in [2.24, 2.45) is 11.8 Å². The molecule has 14 heavy (non-hydrogen) atoms. The van der Waals surface area contributed by atoms with Gasteiger partial charge in [-0.05, 0) is 0 Å². The van der Waals surface area contributed by atoms with Gasteiger partial charge in [-0.1, -0.05) is 0 Å². The van der Waals surface area contributed by atoms with Gasteiger partial charge in [-0.15, -0.1) is 0 Å². The van der Waals surface area contributed by atoms with Crippen LogP contribution in [0.3, 0.4) is 0 Å². The van der Waals surface area contributed by atoms with Crippen LogP contribution in [0.5, 0.6) is 0 Å². The molecule has 0 aromatic carbocycles. The molecule has 0 aliphatic rings. The minimum Gasteiger partial charge on any atom is -0.396 e. The van der Waals surface area contributed by atoms with E-state index >= 15 is 0 Å². The van der Waals surface area contributed by atoms with E-state index in [1.54, 1.807) is 0 Å². The van der Waals surface area contributed by atoms with Gasteiger partial charge in [-0.2, -0.15) is 0 Å². The molecule has 4 atom stereocenters. The Kier molecular flexibility index (Phi) is 6.98. The SMILES string of the molecule is COC(O)[C@H](CO)[C@@H](CO)C(O)OC.